The molecule has 1 aliphatic rings. The molecule has 5 heteroatoms. The summed E-state index contributed by atoms with van der Waals surface area (Å²) < 4.78 is 3.34. The van der Waals surface area contributed by atoms with Crippen molar-refractivity contribution in [2.45, 2.75) is 25.8 Å². The van der Waals surface area contributed by atoms with Crippen molar-refractivity contribution in [1.29, 1.82) is 0 Å². The molecule has 2 rings (SSSR count). The molecule has 1 aliphatic heterocycles. The van der Waals surface area contributed by atoms with Gasteiger partial charge in [0, 0.05) is 17.2 Å². The zero-order chi connectivity index (χ0) is 12.3. The number of rotatable bonds is 3. The molecule has 0 radical (unpaired) electrons. The molecule has 1 atom stereocenters. The summed E-state index contributed by atoms with van der Waals surface area (Å²) in [6.45, 7) is 3.02. The molecule has 0 amide bonds. The molecule has 1 aromatic heterocycles. The summed E-state index contributed by atoms with van der Waals surface area (Å²) in [6.07, 6.45) is 5.46. The van der Waals surface area contributed by atoms with Crippen LogP contribution in [0.4, 0.5) is 0 Å². The van der Waals surface area contributed by atoms with E-state index >= 15 is 0 Å². The second-order valence-corrected chi connectivity index (χ2v) is 6.28. The monoisotopic (exact) mass is 362 g/mol. The average Bonchev–Trinajstić information content (AvgIpc) is 2.33. The molecular formula is C12H16Br2N2O. The Balaban J connectivity index is 2.00. The maximum Gasteiger partial charge on any atom is 0.264 e. The van der Waals surface area contributed by atoms with Crippen LogP contribution < -0.4 is 10.9 Å². The van der Waals surface area contributed by atoms with Gasteiger partial charge in [-0.05, 0) is 76.2 Å². The van der Waals surface area contributed by atoms with Crippen LogP contribution in [-0.4, -0.2) is 17.7 Å². The Morgan fingerprint density at radius 1 is 1.47 bits per heavy atom. The van der Waals surface area contributed by atoms with Gasteiger partial charge in [0.05, 0.1) is 4.47 Å². The van der Waals surface area contributed by atoms with Gasteiger partial charge in [-0.1, -0.05) is 0 Å². The molecular weight excluding hydrogens is 348 g/mol. The quantitative estimate of drug-likeness (QED) is 0.895. The first kappa shape index (κ1) is 13.3. The highest BCUT2D eigenvalue weighted by Crippen LogP contribution is 2.16. The van der Waals surface area contributed by atoms with Crippen molar-refractivity contribution >= 4 is 31.9 Å². The van der Waals surface area contributed by atoms with Crippen molar-refractivity contribution in [3.05, 3.63) is 31.6 Å². The molecule has 0 spiro atoms. The van der Waals surface area contributed by atoms with Crippen LogP contribution in [0.5, 0.6) is 0 Å². The smallest absolute Gasteiger partial charge is 0.264 e. The molecule has 2 heterocycles. The van der Waals surface area contributed by atoms with E-state index in [1.54, 1.807) is 10.6 Å². The summed E-state index contributed by atoms with van der Waals surface area (Å²) in [5.41, 5.74) is 0.0527. The zero-order valence-corrected chi connectivity index (χ0v) is 12.8. The van der Waals surface area contributed by atoms with E-state index in [4.69, 9.17) is 0 Å². The molecule has 0 bridgehead atoms. The van der Waals surface area contributed by atoms with E-state index in [0.29, 0.717) is 10.4 Å². The summed E-state index contributed by atoms with van der Waals surface area (Å²) in [6, 6.07) is 1.79. The van der Waals surface area contributed by atoms with Gasteiger partial charge in [-0.2, -0.15) is 0 Å². The summed E-state index contributed by atoms with van der Waals surface area (Å²) in [5, 5.41) is 3.40. The van der Waals surface area contributed by atoms with Crippen molar-refractivity contribution in [3.63, 3.8) is 0 Å². The third kappa shape index (κ3) is 3.66. The first-order valence-corrected chi connectivity index (χ1v) is 7.51. The van der Waals surface area contributed by atoms with E-state index < -0.39 is 0 Å². The second kappa shape index (κ2) is 6.16. The van der Waals surface area contributed by atoms with Crippen molar-refractivity contribution < 1.29 is 0 Å². The summed E-state index contributed by atoms with van der Waals surface area (Å²) in [7, 11) is 0. The van der Waals surface area contributed by atoms with Gasteiger partial charge < -0.3 is 9.88 Å². The predicted molar refractivity (Wildman–Crippen MR) is 76.3 cm³/mol. The van der Waals surface area contributed by atoms with Crippen LogP contribution >= 0.6 is 31.9 Å². The Bertz CT molecular complexity index is 439. The minimum Gasteiger partial charge on any atom is -0.316 e. The fourth-order valence-electron chi connectivity index (χ4n) is 2.22. The molecule has 0 aromatic carbocycles. The molecule has 0 aliphatic carbocycles. The van der Waals surface area contributed by atoms with Crippen molar-refractivity contribution in [1.82, 2.24) is 9.88 Å². The number of pyridine rings is 1. The largest absolute Gasteiger partial charge is 0.316 e. The number of aryl methyl sites for hydroxylation is 1. The van der Waals surface area contributed by atoms with Gasteiger partial charge in [-0.15, -0.1) is 0 Å². The molecule has 3 nitrogen and oxygen atoms in total. The zero-order valence-electron chi connectivity index (χ0n) is 9.59. The SMILES string of the molecule is O=c1c(Br)cc(Br)cn1CCC1CCCNC1. The van der Waals surface area contributed by atoms with Crippen LogP contribution in [-0.2, 0) is 6.54 Å². The maximum atomic E-state index is 11.9. The standard InChI is InChI=1S/C12H16Br2N2O/c13-10-6-11(14)12(17)16(8-10)5-3-9-2-1-4-15-7-9/h6,8-9,15H,1-5,7H2. The number of halogens is 2. The molecule has 1 unspecified atom stereocenters. The summed E-state index contributed by atoms with van der Waals surface area (Å²) in [5.74, 6) is 0.702. The molecule has 1 N–H and O–H groups in total. The van der Waals surface area contributed by atoms with Crippen molar-refractivity contribution in [2.75, 3.05) is 13.1 Å². The van der Waals surface area contributed by atoms with Crippen LogP contribution in [0.15, 0.2) is 26.0 Å². The molecule has 1 fully saturated rings. The lowest BCUT2D eigenvalue weighted by Gasteiger charge is -2.22. The van der Waals surface area contributed by atoms with Crippen molar-refractivity contribution in [2.24, 2.45) is 5.92 Å². The Morgan fingerprint density at radius 3 is 3.00 bits per heavy atom. The lowest BCUT2D eigenvalue weighted by atomic mass is 9.96. The van der Waals surface area contributed by atoms with Crippen LogP contribution in [0, 0.1) is 5.92 Å². The molecule has 17 heavy (non-hydrogen) atoms. The van der Waals surface area contributed by atoms with Gasteiger partial charge in [0.15, 0.2) is 0 Å². The Labute approximate surface area is 118 Å². The second-order valence-electron chi connectivity index (χ2n) is 4.51. The predicted octanol–water partition coefficient (Wildman–Crippen LogP) is 2.76. The van der Waals surface area contributed by atoms with Crippen molar-refractivity contribution in [3.8, 4) is 0 Å². The van der Waals surface area contributed by atoms with Gasteiger partial charge in [0.1, 0.15) is 0 Å². The fourth-order valence-corrected chi connectivity index (χ4v) is 3.48. The van der Waals surface area contributed by atoms with Gasteiger partial charge in [0.25, 0.3) is 5.56 Å². The van der Waals surface area contributed by atoms with Crippen LogP contribution in [0.25, 0.3) is 0 Å². The third-order valence-electron chi connectivity index (χ3n) is 3.19. The summed E-state index contributed by atoms with van der Waals surface area (Å²) in [4.78, 5) is 11.9. The lowest BCUT2D eigenvalue weighted by Crippen LogP contribution is -2.31. The molecule has 1 aromatic rings. The fraction of sp³-hybridized carbons (Fsp3) is 0.583. The highest BCUT2D eigenvalue weighted by Gasteiger charge is 2.13. The first-order valence-electron chi connectivity index (χ1n) is 5.93. The Morgan fingerprint density at radius 2 is 2.29 bits per heavy atom. The number of nitrogens with one attached hydrogen (secondary N) is 1. The molecule has 1 saturated heterocycles. The van der Waals surface area contributed by atoms with E-state index in [9.17, 15) is 4.79 Å². The lowest BCUT2D eigenvalue weighted by molar-refractivity contribution is 0.340. The van der Waals surface area contributed by atoms with Gasteiger partial charge in [0.2, 0.25) is 0 Å². The van der Waals surface area contributed by atoms with Gasteiger partial charge >= 0.3 is 0 Å². The number of hydrogen-bond donors (Lipinski definition) is 1. The van der Waals surface area contributed by atoms with E-state index in [0.717, 1.165) is 30.5 Å². The molecule has 0 saturated carbocycles. The van der Waals surface area contributed by atoms with Crippen LogP contribution in [0.3, 0.4) is 0 Å². The van der Waals surface area contributed by atoms with E-state index in [1.807, 2.05) is 6.20 Å². The van der Waals surface area contributed by atoms with Crippen LogP contribution in [0.2, 0.25) is 0 Å². The molecule has 94 valence electrons. The highest BCUT2D eigenvalue weighted by atomic mass is 79.9. The van der Waals surface area contributed by atoms with E-state index in [1.165, 1.54) is 12.8 Å². The number of piperidine rings is 1. The minimum absolute atomic E-state index is 0.0527. The minimum atomic E-state index is 0.0527. The maximum absolute atomic E-state index is 11.9. The number of hydrogen-bond acceptors (Lipinski definition) is 2. The number of aromatic nitrogens is 1. The van der Waals surface area contributed by atoms with E-state index in [-0.39, 0.29) is 5.56 Å². The average molecular weight is 364 g/mol. The van der Waals surface area contributed by atoms with Crippen LogP contribution in [0.1, 0.15) is 19.3 Å². The third-order valence-corrected chi connectivity index (χ3v) is 4.19. The van der Waals surface area contributed by atoms with Gasteiger partial charge in [-0.3, -0.25) is 4.79 Å². The topological polar surface area (TPSA) is 34.0 Å². The normalized spacial score (nSPS) is 20.5. The van der Waals surface area contributed by atoms with E-state index in [2.05, 4.69) is 37.2 Å². The van der Waals surface area contributed by atoms with Gasteiger partial charge in [-0.25, -0.2) is 0 Å². The number of nitrogens with zero attached hydrogens (tertiary/aromatic N) is 1. The first-order chi connectivity index (χ1) is 8.16. The Kier molecular flexibility index (Phi) is 4.82. The highest BCUT2D eigenvalue weighted by molar-refractivity contribution is 9.11. The summed E-state index contributed by atoms with van der Waals surface area (Å²) >= 11 is 6.70. The Hall–Kier alpha value is -0.130.